The molecular weight excluding hydrogens is 474 g/mol. The standard InChI is InChI=1S/C20H27N5O4S2.ClH/c1-5-25-19-9-7-6-8-18(19)21-20(25)23(2)14-15-24(3)31(28,29)17-12-10-16(11-13-17)22-30(4,26)27;/h6-13,22H,5,14-15H2,1-4H3;1H. The Bertz CT molecular complexity index is 1280. The van der Waals surface area contributed by atoms with E-state index in [1.165, 1.54) is 35.6 Å². The van der Waals surface area contributed by atoms with E-state index in [4.69, 9.17) is 0 Å². The quantitative estimate of drug-likeness (QED) is 0.483. The van der Waals surface area contributed by atoms with E-state index in [1.54, 1.807) is 0 Å². The first-order valence-corrected chi connectivity index (χ1v) is 13.1. The molecule has 0 aliphatic carbocycles. The van der Waals surface area contributed by atoms with Crippen LogP contribution in [0.5, 0.6) is 0 Å². The van der Waals surface area contributed by atoms with Crippen LogP contribution in [-0.4, -0.2) is 64.1 Å². The minimum Gasteiger partial charge on any atom is -0.344 e. The van der Waals surface area contributed by atoms with Gasteiger partial charge in [0, 0.05) is 39.4 Å². The first-order valence-electron chi connectivity index (χ1n) is 9.73. The molecule has 0 aliphatic heterocycles. The van der Waals surface area contributed by atoms with Crippen molar-refractivity contribution < 1.29 is 16.8 Å². The Morgan fingerprint density at radius 1 is 0.969 bits per heavy atom. The van der Waals surface area contributed by atoms with Gasteiger partial charge in [0.2, 0.25) is 26.0 Å². The SMILES string of the molecule is CCn1c(N(C)CCN(C)S(=O)(=O)c2ccc(NS(C)(=O)=O)cc2)nc2ccccc21.Cl. The molecule has 176 valence electrons. The molecule has 0 bridgehead atoms. The molecule has 3 rings (SSSR count). The van der Waals surface area contributed by atoms with Gasteiger partial charge in [0.05, 0.1) is 22.2 Å². The molecule has 0 spiro atoms. The number of hydrogen-bond acceptors (Lipinski definition) is 6. The second kappa shape index (κ2) is 10.1. The van der Waals surface area contributed by atoms with Crippen LogP contribution in [-0.2, 0) is 26.6 Å². The van der Waals surface area contributed by atoms with Gasteiger partial charge in [-0.2, -0.15) is 4.31 Å². The second-order valence-corrected chi connectivity index (χ2v) is 11.1. The van der Waals surface area contributed by atoms with Crippen molar-refractivity contribution in [3.63, 3.8) is 0 Å². The first kappa shape index (κ1) is 25.9. The lowest BCUT2D eigenvalue weighted by Gasteiger charge is -2.23. The molecule has 32 heavy (non-hydrogen) atoms. The van der Waals surface area contributed by atoms with Gasteiger partial charge in [0.15, 0.2) is 0 Å². The number of sulfonamides is 2. The van der Waals surface area contributed by atoms with Crippen molar-refractivity contribution in [1.82, 2.24) is 13.9 Å². The van der Waals surface area contributed by atoms with Crippen LogP contribution in [0.4, 0.5) is 11.6 Å². The summed E-state index contributed by atoms with van der Waals surface area (Å²) < 4.78 is 54.1. The fraction of sp³-hybridized carbons (Fsp3) is 0.350. The lowest BCUT2D eigenvalue weighted by Crippen LogP contribution is -2.35. The van der Waals surface area contributed by atoms with Crippen LogP contribution in [0.1, 0.15) is 6.92 Å². The largest absolute Gasteiger partial charge is 0.344 e. The summed E-state index contributed by atoms with van der Waals surface area (Å²) in [6.45, 7) is 3.51. The van der Waals surface area contributed by atoms with Crippen molar-refractivity contribution in [2.45, 2.75) is 18.4 Å². The molecule has 0 fully saturated rings. The molecule has 0 radical (unpaired) electrons. The van der Waals surface area contributed by atoms with Crippen LogP contribution in [0.15, 0.2) is 53.4 Å². The highest BCUT2D eigenvalue weighted by molar-refractivity contribution is 7.92. The molecule has 2 aromatic carbocycles. The molecule has 3 aromatic rings. The number of benzene rings is 2. The number of hydrogen-bond donors (Lipinski definition) is 1. The van der Waals surface area contributed by atoms with E-state index < -0.39 is 20.0 Å². The Morgan fingerprint density at radius 2 is 1.59 bits per heavy atom. The molecule has 12 heteroatoms. The number of nitrogens with one attached hydrogen (secondary N) is 1. The fourth-order valence-electron chi connectivity index (χ4n) is 3.27. The van der Waals surface area contributed by atoms with E-state index in [-0.39, 0.29) is 23.8 Å². The van der Waals surface area contributed by atoms with Crippen LogP contribution in [0.3, 0.4) is 0 Å². The van der Waals surface area contributed by atoms with Gasteiger partial charge in [-0.15, -0.1) is 12.4 Å². The zero-order chi connectivity index (χ0) is 22.8. The summed E-state index contributed by atoms with van der Waals surface area (Å²) in [6, 6.07) is 13.5. The number of para-hydroxylation sites is 2. The number of likely N-dealkylation sites (N-methyl/N-ethyl adjacent to an activating group) is 2. The normalized spacial score (nSPS) is 12.0. The second-order valence-electron chi connectivity index (χ2n) is 7.29. The van der Waals surface area contributed by atoms with Crippen LogP contribution in [0.25, 0.3) is 11.0 Å². The molecule has 9 nitrogen and oxygen atoms in total. The predicted molar refractivity (Wildman–Crippen MR) is 131 cm³/mol. The Labute approximate surface area is 195 Å². The summed E-state index contributed by atoms with van der Waals surface area (Å²) in [5.41, 5.74) is 2.24. The van der Waals surface area contributed by atoms with Gasteiger partial charge in [-0.3, -0.25) is 4.72 Å². The number of fused-ring (bicyclic) bond motifs is 1. The van der Waals surface area contributed by atoms with E-state index in [2.05, 4.69) is 14.3 Å². The highest BCUT2D eigenvalue weighted by Gasteiger charge is 2.22. The summed E-state index contributed by atoms with van der Waals surface area (Å²) in [6.07, 6.45) is 1.04. The highest BCUT2D eigenvalue weighted by Crippen LogP contribution is 2.22. The maximum Gasteiger partial charge on any atom is 0.242 e. The predicted octanol–water partition coefficient (Wildman–Crippen LogP) is 2.61. The summed E-state index contributed by atoms with van der Waals surface area (Å²) in [5, 5.41) is 0. The molecule has 1 heterocycles. The third-order valence-electron chi connectivity index (χ3n) is 4.91. The molecular formula is C20H28ClN5O4S2. The monoisotopic (exact) mass is 501 g/mol. The molecule has 0 amide bonds. The van der Waals surface area contributed by atoms with Crippen molar-refractivity contribution in [3.8, 4) is 0 Å². The summed E-state index contributed by atoms with van der Waals surface area (Å²) >= 11 is 0. The van der Waals surface area contributed by atoms with Crippen LogP contribution in [0, 0.1) is 0 Å². The van der Waals surface area contributed by atoms with Gasteiger partial charge in [-0.05, 0) is 43.3 Å². The van der Waals surface area contributed by atoms with Crippen molar-refractivity contribution in [2.24, 2.45) is 0 Å². The van der Waals surface area contributed by atoms with Crippen LogP contribution in [0.2, 0.25) is 0 Å². The maximum absolute atomic E-state index is 12.9. The number of anilines is 2. The molecule has 0 saturated heterocycles. The number of nitrogens with zero attached hydrogens (tertiary/aromatic N) is 4. The lowest BCUT2D eigenvalue weighted by atomic mass is 10.3. The summed E-state index contributed by atoms with van der Waals surface area (Å²) in [4.78, 5) is 6.72. The first-order chi connectivity index (χ1) is 14.5. The van der Waals surface area contributed by atoms with E-state index in [9.17, 15) is 16.8 Å². The number of halogens is 1. The average Bonchev–Trinajstić information content (AvgIpc) is 3.09. The van der Waals surface area contributed by atoms with Crippen LogP contribution >= 0.6 is 12.4 Å². The smallest absolute Gasteiger partial charge is 0.242 e. The molecule has 0 unspecified atom stereocenters. The third kappa shape index (κ3) is 5.71. The zero-order valence-electron chi connectivity index (χ0n) is 18.4. The van der Waals surface area contributed by atoms with Gasteiger partial charge in [-0.25, -0.2) is 21.8 Å². The van der Waals surface area contributed by atoms with E-state index in [0.29, 0.717) is 12.2 Å². The number of aryl methyl sites for hydroxylation is 1. The highest BCUT2D eigenvalue weighted by atomic mass is 35.5. The van der Waals surface area contributed by atoms with Crippen molar-refractivity contribution >= 4 is 55.1 Å². The van der Waals surface area contributed by atoms with Crippen LogP contribution < -0.4 is 9.62 Å². The molecule has 0 atom stereocenters. The topological polar surface area (TPSA) is 105 Å². The van der Waals surface area contributed by atoms with Gasteiger partial charge >= 0.3 is 0 Å². The lowest BCUT2D eigenvalue weighted by molar-refractivity contribution is 0.472. The van der Waals surface area contributed by atoms with Gasteiger partial charge in [0.1, 0.15) is 0 Å². The van der Waals surface area contributed by atoms with E-state index >= 15 is 0 Å². The van der Waals surface area contributed by atoms with E-state index in [0.717, 1.165) is 29.8 Å². The molecule has 0 saturated carbocycles. The summed E-state index contributed by atoms with van der Waals surface area (Å²) in [5.74, 6) is 0.783. The maximum atomic E-state index is 12.9. The minimum atomic E-state index is -3.72. The Balaban J connectivity index is 0.00000363. The number of rotatable bonds is 9. The third-order valence-corrected chi connectivity index (χ3v) is 7.39. The Kier molecular flexibility index (Phi) is 8.16. The van der Waals surface area contributed by atoms with Crippen molar-refractivity contribution in [3.05, 3.63) is 48.5 Å². The average molecular weight is 502 g/mol. The zero-order valence-corrected chi connectivity index (χ0v) is 20.8. The fourth-order valence-corrected chi connectivity index (χ4v) is 4.99. The Morgan fingerprint density at radius 3 is 2.19 bits per heavy atom. The molecule has 0 aliphatic rings. The number of imidazole rings is 1. The minimum absolute atomic E-state index is 0. The van der Waals surface area contributed by atoms with Gasteiger partial charge in [0.25, 0.3) is 0 Å². The Hall–Kier alpha value is -2.34. The molecule has 1 aromatic heterocycles. The van der Waals surface area contributed by atoms with Gasteiger partial charge in [-0.1, -0.05) is 12.1 Å². The molecule has 1 N–H and O–H groups in total. The van der Waals surface area contributed by atoms with Crippen molar-refractivity contribution in [1.29, 1.82) is 0 Å². The van der Waals surface area contributed by atoms with Crippen molar-refractivity contribution in [2.75, 3.05) is 43.1 Å². The number of aromatic nitrogens is 2. The summed E-state index contributed by atoms with van der Waals surface area (Å²) in [7, 11) is -3.73. The van der Waals surface area contributed by atoms with E-state index in [1.807, 2.05) is 43.1 Å². The van der Waals surface area contributed by atoms with Gasteiger partial charge < -0.3 is 9.47 Å².